The van der Waals surface area contributed by atoms with Crippen LogP contribution in [0.25, 0.3) is 11.0 Å². The number of benzene rings is 1. The van der Waals surface area contributed by atoms with Gasteiger partial charge in [-0.2, -0.15) is 0 Å². The van der Waals surface area contributed by atoms with Gasteiger partial charge in [0.1, 0.15) is 11.3 Å². The lowest BCUT2D eigenvalue weighted by Crippen LogP contribution is -2.03. The third-order valence-corrected chi connectivity index (χ3v) is 2.58. The average Bonchev–Trinajstić information content (AvgIpc) is 2.68. The smallest absolute Gasteiger partial charge is 0.134 e. The molecule has 0 aliphatic rings. The van der Waals surface area contributed by atoms with E-state index < -0.39 is 0 Å². The number of hydrogen-bond donors (Lipinski definition) is 1. The van der Waals surface area contributed by atoms with Crippen LogP contribution in [0, 0.1) is 0 Å². The number of methoxy groups -OCH3 is 1. The fourth-order valence-corrected chi connectivity index (χ4v) is 1.78. The lowest BCUT2D eigenvalue weighted by molar-refractivity contribution is 0.202. The van der Waals surface area contributed by atoms with Crippen LogP contribution in [-0.2, 0) is 17.7 Å². The van der Waals surface area contributed by atoms with Gasteiger partial charge in [0.05, 0.1) is 13.2 Å². The molecular formula is C13H17NO2. The Balaban J connectivity index is 2.23. The van der Waals surface area contributed by atoms with Crippen molar-refractivity contribution in [3.05, 3.63) is 35.6 Å². The van der Waals surface area contributed by atoms with Crippen LogP contribution < -0.4 is 5.32 Å². The van der Waals surface area contributed by atoms with Crippen LogP contribution >= 0.6 is 0 Å². The van der Waals surface area contributed by atoms with Gasteiger partial charge in [0.15, 0.2) is 0 Å². The van der Waals surface area contributed by atoms with Crippen molar-refractivity contribution in [2.75, 3.05) is 20.8 Å². The van der Waals surface area contributed by atoms with E-state index in [-0.39, 0.29) is 0 Å². The highest BCUT2D eigenvalue weighted by Crippen LogP contribution is 2.21. The highest BCUT2D eigenvalue weighted by Gasteiger charge is 2.03. The van der Waals surface area contributed by atoms with Gasteiger partial charge in [-0.05, 0) is 37.2 Å². The lowest BCUT2D eigenvalue weighted by Gasteiger charge is -1.99. The van der Waals surface area contributed by atoms with E-state index in [1.165, 1.54) is 10.9 Å². The van der Waals surface area contributed by atoms with E-state index in [1.54, 1.807) is 7.11 Å². The van der Waals surface area contributed by atoms with Gasteiger partial charge in [0, 0.05) is 12.5 Å². The molecule has 0 atom stereocenters. The first-order chi connectivity index (χ1) is 7.83. The van der Waals surface area contributed by atoms with Crippen molar-refractivity contribution < 1.29 is 9.15 Å². The fraction of sp³-hybridized carbons (Fsp3) is 0.385. The standard InChI is InChI=1S/C13H17NO2/c1-14-9-12-8-11-7-10(5-6-15-2)3-4-13(11)16-12/h3-4,7-8,14H,5-6,9H2,1-2H3. The first-order valence-corrected chi connectivity index (χ1v) is 5.48. The molecule has 0 aliphatic heterocycles. The molecule has 0 unspecified atom stereocenters. The molecule has 0 saturated carbocycles. The van der Waals surface area contributed by atoms with Gasteiger partial charge >= 0.3 is 0 Å². The van der Waals surface area contributed by atoms with Crippen LogP contribution in [0.5, 0.6) is 0 Å². The Bertz CT molecular complexity index is 462. The summed E-state index contributed by atoms with van der Waals surface area (Å²) in [5.74, 6) is 0.974. The van der Waals surface area contributed by atoms with Crippen LogP contribution in [0.15, 0.2) is 28.7 Å². The topological polar surface area (TPSA) is 34.4 Å². The predicted molar refractivity (Wildman–Crippen MR) is 64.6 cm³/mol. The maximum absolute atomic E-state index is 5.67. The summed E-state index contributed by atoms with van der Waals surface area (Å²) in [5, 5.41) is 4.25. The van der Waals surface area contributed by atoms with Gasteiger partial charge in [0.2, 0.25) is 0 Å². The minimum Gasteiger partial charge on any atom is -0.460 e. The predicted octanol–water partition coefficient (Wildman–Crippen LogP) is 2.34. The number of nitrogens with one attached hydrogen (secondary N) is 1. The molecule has 3 heteroatoms. The molecule has 2 rings (SSSR count). The molecule has 0 radical (unpaired) electrons. The summed E-state index contributed by atoms with van der Waals surface area (Å²) in [6, 6.07) is 8.37. The van der Waals surface area contributed by atoms with Gasteiger partial charge < -0.3 is 14.5 Å². The highest BCUT2D eigenvalue weighted by molar-refractivity contribution is 5.78. The largest absolute Gasteiger partial charge is 0.460 e. The van der Waals surface area contributed by atoms with Crippen molar-refractivity contribution in [2.24, 2.45) is 0 Å². The molecule has 1 aromatic carbocycles. The van der Waals surface area contributed by atoms with E-state index in [9.17, 15) is 0 Å². The van der Waals surface area contributed by atoms with E-state index >= 15 is 0 Å². The van der Waals surface area contributed by atoms with Crippen LogP contribution in [0.3, 0.4) is 0 Å². The Morgan fingerprint density at radius 2 is 2.19 bits per heavy atom. The molecule has 3 nitrogen and oxygen atoms in total. The van der Waals surface area contributed by atoms with Crippen molar-refractivity contribution in [3.63, 3.8) is 0 Å². The SMILES string of the molecule is CNCc1cc2cc(CCOC)ccc2o1. The summed E-state index contributed by atoms with van der Waals surface area (Å²) in [7, 11) is 3.64. The summed E-state index contributed by atoms with van der Waals surface area (Å²) in [6.07, 6.45) is 0.943. The minimum atomic E-state index is 0.757. The quantitative estimate of drug-likeness (QED) is 0.838. The summed E-state index contributed by atoms with van der Waals surface area (Å²) >= 11 is 0. The Morgan fingerprint density at radius 1 is 1.31 bits per heavy atom. The molecule has 0 amide bonds. The second kappa shape index (κ2) is 5.14. The zero-order chi connectivity index (χ0) is 11.4. The maximum atomic E-state index is 5.67. The van der Waals surface area contributed by atoms with Gasteiger partial charge in [0.25, 0.3) is 0 Å². The zero-order valence-electron chi connectivity index (χ0n) is 9.75. The minimum absolute atomic E-state index is 0.757. The zero-order valence-corrected chi connectivity index (χ0v) is 9.75. The number of rotatable bonds is 5. The number of furan rings is 1. The lowest BCUT2D eigenvalue weighted by atomic mass is 10.1. The number of fused-ring (bicyclic) bond motifs is 1. The second-order valence-electron chi connectivity index (χ2n) is 3.86. The number of ether oxygens (including phenoxy) is 1. The third-order valence-electron chi connectivity index (χ3n) is 2.58. The molecule has 0 saturated heterocycles. The molecular weight excluding hydrogens is 202 g/mol. The Labute approximate surface area is 95.4 Å². The Kier molecular flexibility index (Phi) is 3.59. The molecule has 1 aromatic heterocycles. The summed E-state index contributed by atoms with van der Waals surface area (Å²) in [4.78, 5) is 0. The molecule has 86 valence electrons. The normalized spacial score (nSPS) is 11.1. The molecule has 0 bridgehead atoms. The van der Waals surface area contributed by atoms with E-state index in [2.05, 4.69) is 23.5 Å². The summed E-state index contributed by atoms with van der Waals surface area (Å²) < 4.78 is 10.7. The summed E-state index contributed by atoms with van der Waals surface area (Å²) in [5.41, 5.74) is 2.23. The van der Waals surface area contributed by atoms with Crippen LogP contribution in [-0.4, -0.2) is 20.8 Å². The van der Waals surface area contributed by atoms with E-state index in [0.29, 0.717) is 0 Å². The average molecular weight is 219 g/mol. The van der Waals surface area contributed by atoms with E-state index in [4.69, 9.17) is 9.15 Å². The molecule has 1 heterocycles. The van der Waals surface area contributed by atoms with Gasteiger partial charge in [-0.15, -0.1) is 0 Å². The third kappa shape index (κ3) is 2.43. The van der Waals surface area contributed by atoms with Crippen molar-refractivity contribution in [1.29, 1.82) is 0 Å². The monoisotopic (exact) mass is 219 g/mol. The molecule has 0 aliphatic carbocycles. The molecule has 2 aromatic rings. The van der Waals surface area contributed by atoms with Crippen molar-refractivity contribution in [1.82, 2.24) is 5.32 Å². The fourth-order valence-electron chi connectivity index (χ4n) is 1.78. The van der Waals surface area contributed by atoms with E-state index in [0.717, 1.165) is 30.9 Å². The van der Waals surface area contributed by atoms with E-state index in [1.807, 2.05) is 13.1 Å². The van der Waals surface area contributed by atoms with Crippen LogP contribution in [0.2, 0.25) is 0 Å². The molecule has 0 fully saturated rings. The van der Waals surface area contributed by atoms with Crippen molar-refractivity contribution in [2.45, 2.75) is 13.0 Å². The first-order valence-electron chi connectivity index (χ1n) is 5.48. The first kappa shape index (κ1) is 11.2. The van der Waals surface area contributed by atoms with Crippen molar-refractivity contribution in [3.8, 4) is 0 Å². The Hall–Kier alpha value is -1.32. The Morgan fingerprint density at radius 3 is 2.94 bits per heavy atom. The second-order valence-corrected chi connectivity index (χ2v) is 3.86. The van der Waals surface area contributed by atoms with Gasteiger partial charge in [-0.25, -0.2) is 0 Å². The molecule has 16 heavy (non-hydrogen) atoms. The maximum Gasteiger partial charge on any atom is 0.134 e. The summed E-state index contributed by atoms with van der Waals surface area (Å²) in [6.45, 7) is 1.52. The van der Waals surface area contributed by atoms with Gasteiger partial charge in [-0.3, -0.25) is 0 Å². The van der Waals surface area contributed by atoms with Crippen molar-refractivity contribution >= 4 is 11.0 Å². The van der Waals surface area contributed by atoms with Crippen LogP contribution in [0.1, 0.15) is 11.3 Å². The van der Waals surface area contributed by atoms with Crippen LogP contribution in [0.4, 0.5) is 0 Å². The van der Waals surface area contributed by atoms with Gasteiger partial charge in [-0.1, -0.05) is 6.07 Å². The molecule has 0 spiro atoms. The highest BCUT2D eigenvalue weighted by atomic mass is 16.5. The molecule has 1 N–H and O–H groups in total. The number of hydrogen-bond acceptors (Lipinski definition) is 3.